The Morgan fingerprint density at radius 1 is 1.11 bits per heavy atom. The first kappa shape index (κ1) is 13.5. The van der Waals surface area contributed by atoms with E-state index in [0.29, 0.717) is 5.39 Å². The van der Waals surface area contributed by atoms with Crippen molar-refractivity contribution in [3.05, 3.63) is 67.7 Å². The fourth-order valence-electron chi connectivity index (χ4n) is 2.14. The van der Waals surface area contributed by atoms with Crippen molar-refractivity contribution in [3.63, 3.8) is 0 Å². The predicted molar refractivity (Wildman–Crippen MR) is 91.7 cm³/mol. The Morgan fingerprint density at radius 3 is 2.53 bits per heavy atom. The highest BCUT2D eigenvalue weighted by Crippen LogP contribution is 2.38. The third-order valence-electron chi connectivity index (χ3n) is 3.06. The van der Waals surface area contributed by atoms with Crippen LogP contribution in [-0.4, -0.2) is 0 Å². The van der Waals surface area contributed by atoms with Crippen LogP contribution in [0.5, 0.6) is 0 Å². The van der Waals surface area contributed by atoms with Crippen molar-refractivity contribution in [3.8, 4) is 0 Å². The summed E-state index contributed by atoms with van der Waals surface area (Å²) in [5, 5.41) is 3.78. The van der Waals surface area contributed by atoms with Crippen molar-refractivity contribution >= 4 is 60.6 Å². The van der Waals surface area contributed by atoms with Gasteiger partial charge in [0.2, 0.25) is 0 Å². The van der Waals surface area contributed by atoms with Crippen LogP contribution >= 0.6 is 49.9 Å². The molecular weight excluding hydrogens is 438 g/mol. The predicted octanol–water partition coefficient (Wildman–Crippen LogP) is 6.13. The zero-order valence-electron chi connectivity index (χ0n) is 9.74. The standard InChI is InChI=1S/C15H9BrFIS/c16-15(9-7-14(18)19-8-9)12-5-6-13(17)11-4-2-1-3-10(11)12/h1-8,15H. The lowest BCUT2D eigenvalue weighted by molar-refractivity contribution is 0.639. The van der Waals surface area contributed by atoms with Crippen molar-refractivity contribution in [2.24, 2.45) is 0 Å². The van der Waals surface area contributed by atoms with Crippen LogP contribution in [0.1, 0.15) is 16.0 Å². The maximum absolute atomic E-state index is 13.8. The van der Waals surface area contributed by atoms with Gasteiger partial charge in [0.05, 0.1) is 7.71 Å². The zero-order valence-corrected chi connectivity index (χ0v) is 14.3. The number of halogens is 3. The van der Waals surface area contributed by atoms with E-state index in [9.17, 15) is 4.39 Å². The smallest absolute Gasteiger partial charge is 0.131 e. The maximum atomic E-state index is 13.8. The van der Waals surface area contributed by atoms with Gasteiger partial charge in [0.15, 0.2) is 0 Å². The molecule has 1 heterocycles. The Morgan fingerprint density at radius 2 is 1.84 bits per heavy atom. The first-order valence-corrected chi connectivity index (χ1v) is 8.59. The van der Waals surface area contributed by atoms with Gasteiger partial charge in [-0.05, 0) is 56.6 Å². The molecular formula is C15H9BrFIS. The molecule has 0 bridgehead atoms. The van der Waals surface area contributed by atoms with Gasteiger partial charge in [0.25, 0.3) is 0 Å². The fourth-order valence-corrected chi connectivity index (χ4v) is 4.38. The van der Waals surface area contributed by atoms with Crippen molar-refractivity contribution in [1.29, 1.82) is 0 Å². The highest BCUT2D eigenvalue weighted by atomic mass is 127. The average Bonchev–Trinajstić information content (AvgIpc) is 2.86. The summed E-state index contributed by atoms with van der Waals surface area (Å²) < 4.78 is 15.1. The molecule has 0 aliphatic rings. The Balaban J connectivity index is 2.18. The van der Waals surface area contributed by atoms with E-state index in [1.54, 1.807) is 17.4 Å². The van der Waals surface area contributed by atoms with Crippen molar-refractivity contribution in [1.82, 2.24) is 0 Å². The first-order chi connectivity index (χ1) is 9.16. The second-order valence-corrected chi connectivity index (χ2v) is 7.95. The molecule has 19 heavy (non-hydrogen) atoms. The number of hydrogen-bond acceptors (Lipinski definition) is 1. The summed E-state index contributed by atoms with van der Waals surface area (Å²) in [6.07, 6.45) is 0. The molecule has 1 aromatic heterocycles. The number of alkyl halides is 1. The molecule has 3 rings (SSSR count). The van der Waals surface area contributed by atoms with Crippen LogP contribution in [0.15, 0.2) is 47.8 Å². The molecule has 0 saturated heterocycles. The molecule has 0 N–H and O–H groups in total. The Kier molecular flexibility index (Phi) is 3.91. The summed E-state index contributed by atoms with van der Waals surface area (Å²) >= 11 is 7.77. The van der Waals surface area contributed by atoms with E-state index in [-0.39, 0.29) is 10.6 Å². The van der Waals surface area contributed by atoms with Crippen LogP contribution in [0.4, 0.5) is 4.39 Å². The molecule has 1 atom stereocenters. The van der Waals surface area contributed by atoms with Crippen LogP contribution in [0.3, 0.4) is 0 Å². The Bertz CT molecular complexity index is 738. The molecule has 0 saturated carbocycles. The van der Waals surface area contributed by atoms with Gasteiger partial charge in [-0.3, -0.25) is 0 Å². The van der Waals surface area contributed by atoms with Crippen LogP contribution in [-0.2, 0) is 0 Å². The molecule has 0 nitrogen and oxygen atoms in total. The number of rotatable bonds is 2. The summed E-state index contributed by atoms with van der Waals surface area (Å²) in [5.74, 6) is -0.168. The molecule has 0 amide bonds. The second-order valence-electron chi connectivity index (χ2n) is 4.23. The van der Waals surface area contributed by atoms with Crippen LogP contribution < -0.4 is 0 Å². The average molecular weight is 447 g/mol. The van der Waals surface area contributed by atoms with Crippen LogP contribution in [0, 0.1) is 8.70 Å². The normalized spacial score (nSPS) is 12.8. The number of fused-ring (bicyclic) bond motifs is 1. The minimum atomic E-state index is -0.168. The highest BCUT2D eigenvalue weighted by molar-refractivity contribution is 14.1. The largest absolute Gasteiger partial charge is 0.206 e. The van der Waals surface area contributed by atoms with Gasteiger partial charge in [0, 0.05) is 5.39 Å². The molecule has 2 aromatic carbocycles. The van der Waals surface area contributed by atoms with E-state index in [1.165, 1.54) is 8.45 Å². The fraction of sp³-hybridized carbons (Fsp3) is 0.0667. The third-order valence-corrected chi connectivity index (χ3v) is 5.89. The SMILES string of the molecule is Fc1ccc(C(Br)c2csc(I)c2)c2ccccc12. The van der Waals surface area contributed by atoms with Crippen LogP contribution in [0.25, 0.3) is 10.8 Å². The molecule has 0 aliphatic heterocycles. The third kappa shape index (κ3) is 2.58. The molecule has 1 unspecified atom stereocenters. The quantitative estimate of drug-likeness (QED) is 0.328. The molecule has 96 valence electrons. The minimum absolute atomic E-state index is 0.0952. The summed E-state index contributed by atoms with van der Waals surface area (Å²) in [6.45, 7) is 0. The van der Waals surface area contributed by atoms with Gasteiger partial charge in [-0.1, -0.05) is 46.3 Å². The summed E-state index contributed by atoms with van der Waals surface area (Å²) in [5.41, 5.74) is 2.32. The highest BCUT2D eigenvalue weighted by Gasteiger charge is 2.16. The number of benzene rings is 2. The van der Waals surface area contributed by atoms with E-state index in [0.717, 1.165) is 10.9 Å². The topological polar surface area (TPSA) is 0 Å². The van der Waals surface area contributed by atoms with Crippen molar-refractivity contribution < 1.29 is 4.39 Å². The van der Waals surface area contributed by atoms with Crippen molar-refractivity contribution in [2.75, 3.05) is 0 Å². The van der Waals surface area contributed by atoms with Gasteiger partial charge >= 0.3 is 0 Å². The van der Waals surface area contributed by atoms with Gasteiger partial charge in [-0.2, -0.15) is 0 Å². The molecule has 4 heteroatoms. The zero-order chi connectivity index (χ0) is 13.4. The van der Waals surface area contributed by atoms with Gasteiger partial charge < -0.3 is 0 Å². The van der Waals surface area contributed by atoms with Crippen LogP contribution in [0.2, 0.25) is 0 Å². The second kappa shape index (κ2) is 5.50. The lowest BCUT2D eigenvalue weighted by atomic mass is 9.99. The van der Waals surface area contributed by atoms with E-state index < -0.39 is 0 Å². The van der Waals surface area contributed by atoms with E-state index in [4.69, 9.17) is 0 Å². The van der Waals surface area contributed by atoms with Gasteiger partial charge in [0.1, 0.15) is 5.82 Å². The van der Waals surface area contributed by atoms with E-state index >= 15 is 0 Å². The Hall–Kier alpha value is -0.460. The summed E-state index contributed by atoms with van der Waals surface area (Å²) in [4.78, 5) is 0.0952. The van der Waals surface area contributed by atoms with Gasteiger partial charge in [-0.15, -0.1) is 11.3 Å². The lowest BCUT2D eigenvalue weighted by Gasteiger charge is -2.12. The van der Waals surface area contributed by atoms with Gasteiger partial charge in [-0.25, -0.2) is 4.39 Å². The lowest BCUT2D eigenvalue weighted by Crippen LogP contribution is -1.94. The van der Waals surface area contributed by atoms with E-state index in [2.05, 4.69) is 50.0 Å². The minimum Gasteiger partial charge on any atom is -0.206 e. The maximum Gasteiger partial charge on any atom is 0.131 e. The van der Waals surface area contributed by atoms with E-state index in [1.807, 2.05) is 30.3 Å². The number of hydrogen-bond donors (Lipinski definition) is 0. The molecule has 0 aliphatic carbocycles. The summed E-state index contributed by atoms with van der Waals surface area (Å²) in [7, 11) is 0. The monoisotopic (exact) mass is 446 g/mol. The molecule has 0 radical (unpaired) electrons. The number of thiophene rings is 1. The molecule has 0 fully saturated rings. The molecule has 0 spiro atoms. The Labute approximate surface area is 136 Å². The molecule has 3 aromatic rings. The first-order valence-electron chi connectivity index (χ1n) is 5.72. The van der Waals surface area contributed by atoms with Crippen molar-refractivity contribution in [2.45, 2.75) is 4.83 Å². The summed E-state index contributed by atoms with van der Waals surface area (Å²) in [6, 6.07) is 13.2.